The number of rotatable bonds is 7. The minimum absolute atomic E-state index is 0.0404. The molecule has 0 saturated heterocycles. The van der Waals surface area contributed by atoms with Crippen molar-refractivity contribution in [3.05, 3.63) is 133 Å². The fourth-order valence-corrected chi connectivity index (χ4v) is 4.17. The standard InChI is InChI=1S/C28H17N5O8/c34-25(29-18-5-9-20(10-6-18)32(38)39)16-13-17(26(35)30-19-7-11-21(12-8-19)33(40)41)15-22(14-16)31-27(36)23-3-1-2-4-24(23)28(31)37/h1-15H,(H,29,34)(H,30,35). The lowest BCUT2D eigenvalue weighted by molar-refractivity contribution is -0.385. The maximum atomic E-state index is 13.2. The molecule has 202 valence electrons. The van der Waals surface area contributed by atoms with Gasteiger partial charge in [-0.1, -0.05) is 12.1 Å². The number of hydrogen-bond donors (Lipinski definition) is 2. The van der Waals surface area contributed by atoms with Crippen molar-refractivity contribution < 1.29 is 29.0 Å². The molecule has 0 aliphatic carbocycles. The van der Waals surface area contributed by atoms with Crippen molar-refractivity contribution in [1.29, 1.82) is 0 Å². The van der Waals surface area contributed by atoms with Crippen molar-refractivity contribution in [2.75, 3.05) is 15.5 Å². The summed E-state index contributed by atoms with van der Waals surface area (Å²) >= 11 is 0. The van der Waals surface area contributed by atoms with Crippen molar-refractivity contribution in [3.8, 4) is 0 Å². The van der Waals surface area contributed by atoms with Crippen LogP contribution in [-0.4, -0.2) is 33.5 Å². The van der Waals surface area contributed by atoms with E-state index in [1.54, 1.807) is 12.1 Å². The Kier molecular flexibility index (Phi) is 6.75. The number of non-ortho nitro benzene ring substituents is 2. The van der Waals surface area contributed by atoms with Gasteiger partial charge in [0.15, 0.2) is 0 Å². The molecule has 0 radical (unpaired) electrons. The van der Waals surface area contributed by atoms with E-state index in [-0.39, 0.29) is 50.7 Å². The second-order valence-corrected chi connectivity index (χ2v) is 8.78. The number of nitro benzene ring substituents is 2. The van der Waals surface area contributed by atoms with Crippen LogP contribution in [0.2, 0.25) is 0 Å². The van der Waals surface area contributed by atoms with E-state index in [1.807, 2.05) is 0 Å². The van der Waals surface area contributed by atoms with E-state index < -0.39 is 33.5 Å². The fourth-order valence-electron chi connectivity index (χ4n) is 4.17. The number of hydrogen-bond acceptors (Lipinski definition) is 8. The summed E-state index contributed by atoms with van der Waals surface area (Å²) in [5.41, 5.74) is 0.193. The third-order valence-corrected chi connectivity index (χ3v) is 6.17. The summed E-state index contributed by atoms with van der Waals surface area (Å²) in [6.45, 7) is 0. The van der Waals surface area contributed by atoms with Gasteiger partial charge in [0.1, 0.15) is 0 Å². The smallest absolute Gasteiger partial charge is 0.269 e. The topological polar surface area (TPSA) is 182 Å². The molecule has 41 heavy (non-hydrogen) atoms. The van der Waals surface area contributed by atoms with Gasteiger partial charge in [0.05, 0.1) is 26.7 Å². The summed E-state index contributed by atoms with van der Waals surface area (Å²) in [5, 5.41) is 27.0. The highest BCUT2D eigenvalue weighted by molar-refractivity contribution is 6.34. The molecule has 13 heteroatoms. The van der Waals surface area contributed by atoms with Crippen molar-refractivity contribution in [3.63, 3.8) is 0 Å². The van der Waals surface area contributed by atoms with Crippen molar-refractivity contribution in [2.24, 2.45) is 0 Å². The molecule has 0 unspecified atom stereocenters. The van der Waals surface area contributed by atoms with Gasteiger partial charge in [-0.05, 0) is 54.6 Å². The third-order valence-electron chi connectivity index (χ3n) is 6.17. The third kappa shape index (κ3) is 5.22. The molecule has 2 N–H and O–H groups in total. The molecule has 13 nitrogen and oxygen atoms in total. The lowest BCUT2D eigenvalue weighted by Gasteiger charge is -2.17. The van der Waals surface area contributed by atoms with Crippen LogP contribution in [0.3, 0.4) is 0 Å². The van der Waals surface area contributed by atoms with Crippen LogP contribution in [0, 0.1) is 20.2 Å². The van der Waals surface area contributed by atoms with Gasteiger partial charge in [0.25, 0.3) is 35.0 Å². The second kappa shape index (κ2) is 10.5. The highest BCUT2D eigenvalue weighted by Gasteiger charge is 2.37. The molecule has 1 aliphatic heterocycles. The summed E-state index contributed by atoms with van der Waals surface area (Å²) in [6.07, 6.45) is 0. The lowest BCUT2D eigenvalue weighted by Crippen LogP contribution is -2.30. The summed E-state index contributed by atoms with van der Waals surface area (Å²) in [4.78, 5) is 74.1. The minimum atomic E-state index is -0.721. The summed E-state index contributed by atoms with van der Waals surface area (Å²) in [7, 11) is 0. The maximum Gasteiger partial charge on any atom is 0.269 e. The molecule has 1 heterocycles. The SMILES string of the molecule is O=C(Nc1ccc([N+](=O)[O-])cc1)c1cc(C(=O)Nc2ccc([N+](=O)[O-])cc2)cc(N2C(=O)c3ccccc3C2=O)c1. The number of benzene rings is 4. The number of imide groups is 1. The number of carbonyl (C=O) groups excluding carboxylic acids is 4. The van der Waals surface area contributed by atoms with E-state index >= 15 is 0 Å². The second-order valence-electron chi connectivity index (χ2n) is 8.78. The van der Waals surface area contributed by atoms with Crippen LogP contribution in [-0.2, 0) is 0 Å². The van der Waals surface area contributed by atoms with Gasteiger partial charge in [0, 0.05) is 46.8 Å². The molecule has 0 atom stereocenters. The fraction of sp³-hybridized carbons (Fsp3) is 0. The van der Waals surface area contributed by atoms with E-state index in [2.05, 4.69) is 10.6 Å². The number of carbonyl (C=O) groups is 4. The van der Waals surface area contributed by atoms with Crippen LogP contribution in [0.5, 0.6) is 0 Å². The number of amides is 4. The minimum Gasteiger partial charge on any atom is -0.322 e. The monoisotopic (exact) mass is 551 g/mol. The Labute approximate surface area is 230 Å². The van der Waals surface area contributed by atoms with Gasteiger partial charge in [-0.3, -0.25) is 39.4 Å². The molecule has 4 aromatic rings. The van der Waals surface area contributed by atoms with Crippen molar-refractivity contribution in [2.45, 2.75) is 0 Å². The number of fused-ring (bicyclic) bond motifs is 1. The predicted molar refractivity (Wildman–Crippen MR) is 146 cm³/mol. The van der Waals surface area contributed by atoms with Gasteiger partial charge in [0.2, 0.25) is 0 Å². The summed E-state index contributed by atoms with van der Waals surface area (Å²) in [6, 6.07) is 20.1. The molecule has 0 bridgehead atoms. The molecule has 0 saturated carbocycles. The van der Waals surface area contributed by atoms with Gasteiger partial charge in [-0.25, -0.2) is 4.90 Å². The number of nitro groups is 2. The highest BCUT2D eigenvalue weighted by atomic mass is 16.6. The molecule has 0 spiro atoms. The van der Waals surface area contributed by atoms with Gasteiger partial charge in [-0.2, -0.15) is 0 Å². The molecule has 0 aromatic heterocycles. The number of nitrogens with zero attached hydrogens (tertiary/aromatic N) is 3. The summed E-state index contributed by atoms with van der Waals surface area (Å²) in [5.74, 6) is -2.72. The van der Waals surface area contributed by atoms with Gasteiger partial charge in [-0.15, -0.1) is 0 Å². The Morgan fingerprint density at radius 3 is 1.37 bits per heavy atom. The zero-order valence-corrected chi connectivity index (χ0v) is 20.8. The van der Waals surface area contributed by atoms with Crippen LogP contribution in [0.1, 0.15) is 41.4 Å². The Morgan fingerprint density at radius 1 is 0.610 bits per heavy atom. The van der Waals surface area contributed by atoms with E-state index in [9.17, 15) is 39.4 Å². The molecule has 0 fully saturated rings. The average Bonchev–Trinajstić information content (AvgIpc) is 3.22. The van der Waals surface area contributed by atoms with E-state index in [0.717, 1.165) is 4.90 Å². The van der Waals surface area contributed by atoms with Crippen LogP contribution in [0.4, 0.5) is 28.4 Å². The lowest BCUT2D eigenvalue weighted by atomic mass is 10.1. The van der Waals surface area contributed by atoms with Crippen molar-refractivity contribution in [1.82, 2.24) is 0 Å². The molecule has 4 aromatic carbocycles. The maximum absolute atomic E-state index is 13.2. The highest BCUT2D eigenvalue weighted by Crippen LogP contribution is 2.30. The van der Waals surface area contributed by atoms with Crippen LogP contribution < -0.4 is 15.5 Å². The van der Waals surface area contributed by atoms with Gasteiger partial charge < -0.3 is 10.6 Å². The number of anilines is 3. The first kappa shape index (κ1) is 26.4. The number of nitrogens with one attached hydrogen (secondary N) is 2. The Hall–Kier alpha value is -6.24. The first-order valence-electron chi connectivity index (χ1n) is 11.9. The normalized spacial score (nSPS) is 12.0. The Balaban J connectivity index is 1.50. The first-order chi connectivity index (χ1) is 19.6. The molecule has 5 rings (SSSR count). The zero-order valence-electron chi connectivity index (χ0n) is 20.8. The predicted octanol–water partition coefficient (Wildman–Crippen LogP) is 4.81. The molecular weight excluding hydrogens is 534 g/mol. The van der Waals surface area contributed by atoms with Crippen LogP contribution in [0.15, 0.2) is 91.0 Å². The van der Waals surface area contributed by atoms with Crippen LogP contribution in [0.25, 0.3) is 0 Å². The van der Waals surface area contributed by atoms with Crippen molar-refractivity contribution >= 4 is 52.1 Å². The van der Waals surface area contributed by atoms with Crippen LogP contribution >= 0.6 is 0 Å². The molecule has 1 aliphatic rings. The van der Waals surface area contributed by atoms with E-state index in [0.29, 0.717) is 0 Å². The Morgan fingerprint density at radius 2 is 1.00 bits per heavy atom. The van der Waals surface area contributed by atoms with Gasteiger partial charge >= 0.3 is 0 Å². The summed E-state index contributed by atoms with van der Waals surface area (Å²) < 4.78 is 0. The quantitative estimate of drug-likeness (QED) is 0.186. The van der Waals surface area contributed by atoms with E-state index in [4.69, 9.17) is 0 Å². The average molecular weight is 551 g/mol. The largest absolute Gasteiger partial charge is 0.322 e. The molecule has 4 amide bonds. The molecular formula is C28H17N5O8. The Bertz CT molecular complexity index is 1640. The first-order valence-corrected chi connectivity index (χ1v) is 11.9. The van der Waals surface area contributed by atoms with E-state index in [1.165, 1.54) is 78.9 Å². The zero-order chi connectivity index (χ0) is 29.3.